The third-order valence-corrected chi connectivity index (χ3v) is 5.14. The first kappa shape index (κ1) is 16.8. The third kappa shape index (κ3) is 3.23. The second-order valence-corrected chi connectivity index (χ2v) is 7.18. The first-order valence-corrected chi connectivity index (χ1v) is 9.22. The number of nitrogens with zero attached hydrogens (tertiary/aromatic N) is 4. The minimum Gasteiger partial charge on any atom is -0.497 e. The van der Waals surface area contributed by atoms with Gasteiger partial charge in [0.15, 0.2) is 5.82 Å². The first-order chi connectivity index (χ1) is 12.6. The smallest absolute Gasteiger partial charge is 0.236 e. The number of hydrogen-bond donors (Lipinski definition) is 1. The summed E-state index contributed by atoms with van der Waals surface area (Å²) >= 11 is 7.47. The summed E-state index contributed by atoms with van der Waals surface area (Å²) in [4.78, 5) is 0.741. The molecule has 0 fully saturated rings. The van der Waals surface area contributed by atoms with Crippen LogP contribution in [0.4, 0.5) is 10.8 Å². The molecule has 1 N–H and O–H groups in total. The average molecular weight is 386 g/mol. The van der Waals surface area contributed by atoms with Gasteiger partial charge in [0.25, 0.3) is 0 Å². The average Bonchev–Trinajstić information content (AvgIpc) is 3.21. The molecule has 1 atom stereocenters. The van der Waals surface area contributed by atoms with Crippen LogP contribution in [0.3, 0.4) is 0 Å². The minimum absolute atomic E-state index is 0.0528. The fourth-order valence-electron chi connectivity index (χ4n) is 2.68. The standard InChI is InChI=1S/C18H16ClN5OS/c1-11(12-6-8-15(25-2)9-7-12)16-21-22-18-24(16)23-17(26-18)20-14-5-3-4-13(19)10-14/h3-11H,1-2H3,(H,20,23)/t11-/m0/s1. The molecular formula is C18H16ClN5OS. The number of nitrogens with one attached hydrogen (secondary N) is 1. The van der Waals surface area contributed by atoms with Crippen LogP contribution in [-0.2, 0) is 0 Å². The number of rotatable bonds is 5. The SMILES string of the molecule is COc1ccc([C@H](C)c2nnc3sc(Nc4cccc(Cl)c4)nn23)cc1. The third-order valence-electron chi connectivity index (χ3n) is 4.09. The van der Waals surface area contributed by atoms with E-state index in [1.54, 1.807) is 11.6 Å². The van der Waals surface area contributed by atoms with E-state index >= 15 is 0 Å². The van der Waals surface area contributed by atoms with Gasteiger partial charge in [0.2, 0.25) is 10.1 Å². The van der Waals surface area contributed by atoms with Crippen molar-refractivity contribution in [2.75, 3.05) is 12.4 Å². The predicted octanol–water partition coefficient (Wildman–Crippen LogP) is 4.74. The summed E-state index contributed by atoms with van der Waals surface area (Å²) in [6.07, 6.45) is 0. The maximum atomic E-state index is 6.03. The molecule has 8 heteroatoms. The Balaban J connectivity index is 1.62. The molecule has 4 aromatic rings. The molecule has 4 rings (SSSR count). The van der Waals surface area contributed by atoms with Crippen LogP contribution < -0.4 is 10.1 Å². The van der Waals surface area contributed by atoms with Gasteiger partial charge in [0, 0.05) is 16.6 Å². The quantitative estimate of drug-likeness (QED) is 0.537. The molecule has 0 unspecified atom stereocenters. The molecule has 0 bridgehead atoms. The van der Waals surface area contributed by atoms with Crippen molar-refractivity contribution in [1.29, 1.82) is 0 Å². The second-order valence-electron chi connectivity index (χ2n) is 5.79. The number of ether oxygens (including phenoxy) is 1. The van der Waals surface area contributed by atoms with Crippen LogP contribution in [0, 0.1) is 0 Å². The van der Waals surface area contributed by atoms with Crippen LogP contribution in [-0.4, -0.2) is 26.9 Å². The van der Waals surface area contributed by atoms with Crippen molar-refractivity contribution in [3.05, 3.63) is 64.9 Å². The molecule has 0 aliphatic heterocycles. The zero-order chi connectivity index (χ0) is 18.1. The van der Waals surface area contributed by atoms with Crippen molar-refractivity contribution in [3.8, 4) is 5.75 Å². The summed E-state index contributed by atoms with van der Waals surface area (Å²) in [6.45, 7) is 2.09. The topological polar surface area (TPSA) is 64.3 Å². The van der Waals surface area contributed by atoms with Gasteiger partial charge >= 0.3 is 0 Å². The van der Waals surface area contributed by atoms with Crippen molar-refractivity contribution in [3.63, 3.8) is 0 Å². The zero-order valence-corrected chi connectivity index (χ0v) is 15.8. The Morgan fingerprint density at radius 1 is 1.15 bits per heavy atom. The fraction of sp³-hybridized carbons (Fsp3) is 0.167. The minimum atomic E-state index is 0.0528. The fourth-order valence-corrected chi connectivity index (χ4v) is 3.64. The van der Waals surface area contributed by atoms with E-state index in [1.165, 1.54) is 11.3 Å². The molecule has 0 aliphatic carbocycles. The molecule has 6 nitrogen and oxygen atoms in total. The Labute approximate surface area is 159 Å². The molecule has 0 saturated heterocycles. The molecular weight excluding hydrogens is 370 g/mol. The summed E-state index contributed by atoms with van der Waals surface area (Å²) < 4.78 is 7.00. The lowest BCUT2D eigenvalue weighted by Crippen LogP contribution is -2.04. The van der Waals surface area contributed by atoms with E-state index in [1.807, 2.05) is 48.5 Å². The highest BCUT2D eigenvalue weighted by Gasteiger charge is 2.19. The van der Waals surface area contributed by atoms with Gasteiger partial charge in [0.05, 0.1) is 7.11 Å². The van der Waals surface area contributed by atoms with Crippen LogP contribution in [0.25, 0.3) is 4.96 Å². The molecule has 0 radical (unpaired) electrons. The molecule has 2 aromatic carbocycles. The Bertz CT molecular complexity index is 1040. The largest absolute Gasteiger partial charge is 0.497 e. The monoisotopic (exact) mass is 385 g/mol. The second kappa shape index (κ2) is 6.93. The van der Waals surface area contributed by atoms with Crippen molar-refractivity contribution >= 4 is 38.7 Å². The van der Waals surface area contributed by atoms with Gasteiger partial charge in [-0.25, -0.2) is 0 Å². The van der Waals surface area contributed by atoms with Gasteiger partial charge < -0.3 is 10.1 Å². The van der Waals surface area contributed by atoms with E-state index in [4.69, 9.17) is 16.3 Å². The van der Waals surface area contributed by atoms with E-state index in [2.05, 4.69) is 27.5 Å². The van der Waals surface area contributed by atoms with Gasteiger partial charge in [-0.15, -0.1) is 15.3 Å². The van der Waals surface area contributed by atoms with Crippen LogP contribution >= 0.6 is 22.9 Å². The predicted molar refractivity (Wildman–Crippen MR) is 104 cm³/mol. The number of hydrogen-bond acceptors (Lipinski definition) is 6. The molecule has 0 amide bonds. The Morgan fingerprint density at radius 3 is 2.69 bits per heavy atom. The van der Waals surface area contributed by atoms with E-state index in [0.29, 0.717) is 5.02 Å². The Morgan fingerprint density at radius 2 is 1.96 bits per heavy atom. The van der Waals surface area contributed by atoms with E-state index in [9.17, 15) is 0 Å². The molecule has 0 aliphatic rings. The van der Waals surface area contributed by atoms with Crippen LogP contribution in [0.1, 0.15) is 24.2 Å². The first-order valence-electron chi connectivity index (χ1n) is 8.03. The zero-order valence-electron chi connectivity index (χ0n) is 14.2. The Kier molecular flexibility index (Phi) is 4.48. The normalized spacial score (nSPS) is 12.3. The lowest BCUT2D eigenvalue weighted by molar-refractivity contribution is 0.414. The summed E-state index contributed by atoms with van der Waals surface area (Å²) in [5.74, 6) is 1.67. The number of aromatic nitrogens is 4. The van der Waals surface area contributed by atoms with Crippen molar-refractivity contribution in [1.82, 2.24) is 19.8 Å². The highest BCUT2D eigenvalue weighted by molar-refractivity contribution is 7.20. The van der Waals surface area contributed by atoms with E-state index in [-0.39, 0.29) is 5.92 Å². The van der Waals surface area contributed by atoms with Gasteiger partial charge in [-0.3, -0.25) is 0 Å². The van der Waals surface area contributed by atoms with Crippen LogP contribution in [0.15, 0.2) is 48.5 Å². The number of fused-ring (bicyclic) bond motifs is 1. The lowest BCUT2D eigenvalue weighted by Gasteiger charge is -2.09. The highest BCUT2D eigenvalue weighted by atomic mass is 35.5. The number of methoxy groups -OCH3 is 1. The van der Waals surface area contributed by atoms with Crippen molar-refractivity contribution in [2.24, 2.45) is 0 Å². The number of anilines is 2. The van der Waals surface area contributed by atoms with E-state index < -0.39 is 0 Å². The van der Waals surface area contributed by atoms with Gasteiger partial charge in [-0.2, -0.15) is 4.52 Å². The maximum Gasteiger partial charge on any atom is 0.236 e. The van der Waals surface area contributed by atoms with Gasteiger partial charge in [-0.1, -0.05) is 48.1 Å². The van der Waals surface area contributed by atoms with E-state index in [0.717, 1.165) is 32.9 Å². The molecule has 26 heavy (non-hydrogen) atoms. The lowest BCUT2D eigenvalue weighted by atomic mass is 10.0. The summed E-state index contributed by atoms with van der Waals surface area (Å²) in [5, 5.41) is 17.9. The highest BCUT2D eigenvalue weighted by Crippen LogP contribution is 2.29. The summed E-state index contributed by atoms with van der Waals surface area (Å²) in [5.41, 5.74) is 2.00. The maximum absolute atomic E-state index is 6.03. The van der Waals surface area contributed by atoms with Gasteiger partial charge in [-0.05, 0) is 35.9 Å². The summed E-state index contributed by atoms with van der Waals surface area (Å²) in [6, 6.07) is 15.5. The van der Waals surface area contributed by atoms with Gasteiger partial charge in [0.1, 0.15) is 5.75 Å². The van der Waals surface area contributed by atoms with Crippen LogP contribution in [0.2, 0.25) is 5.02 Å². The summed E-state index contributed by atoms with van der Waals surface area (Å²) in [7, 11) is 1.66. The number of halogens is 1. The molecule has 0 saturated carbocycles. The van der Waals surface area contributed by atoms with Crippen molar-refractivity contribution < 1.29 is 4.74 Å². The van der Waals surface area contributed by atoms with Crippen LogP contribution in [0.5, 0.6) is 5.75 Å². The Hall–Kier alpha value is -2.64. The van der Waals surface area contributed by atoms with Crippen molar-refractivity contribution in [2.45, 2.75) is 12.8 Å². The molecule has 2 heterocycles. The molecule has 0 spiro atoms. The molecule has 2 aromatic heterocycles. The number of benzene rings is 2. The molecule has 132 valence electrons.